The van der Waals surface area contributed by atoms with Gasteiger partial charge in [-0.25, -0.2) is 0 Å². The highest BCUT2D eigenvalue weighted by atomic mass is 35.5. The van der Waals surface area contributed by atoms with Crippen molar-refractivity contribution in [3.05, 3.63) is 0 Å². The zero-order valence-corrected chi connectivity index (χ0v) is 7.17. The van der Waals surface area contributed by atoms with Gasteiger partial charge in [-0.05, 0) is 0 Å². The van der Waals surface area contributed by atoms with Crippen LogP contribution in [0.5, 0.6) is 0 Å². The van der Waals surface area contributed by atoms with Gasteiger partial charge in [-0.1, -0.05) is 0 Å². The van der Waals surface area contributed by atoms with Crippen molar-refractivity contribution in [3.8, 4) is 0 Å². The number of ketones is 1. The minimum Gasteiger partial charge on any atom is -0.480 e. The van der Waals surface area contributed by atoms with Gasteiger partial charge in [0.2, 0.25) is 0 Å². The van der Waals surface area contributed by atoms with Crippen LogP contribution >= 0.6 is 11.6 Å². The lowest BCUT2D eigenvalue weighted by atomic mass is 10.2. The Hall–Kier alpha value is -0.650. The molecule has 0 saturated carbocycles. The van der Waals surface area contributed by atoms with E-state index in [0.29, 0.717) is 0 Å². The number of carboxylic acids is 1. The summed E-state index contributed by atoms with van der Waals surface area (Å²) in [5, 5.41) is 10.7. The molecule has 0 aliphatic rings. The number of aliphatic carboxylic acids is 1. The van der Waals surface area contributed by atoms with E-state index in [-0.39, 0.29) is 24.8 Å². The topological polar surface area (TPSA) is 92.4 Å². The molecule has 1 unspecified atom stereocenters. The molecule has 0 aromatic carbocycles. The van der Waals surface area contributed by atoms with Crippen molar-refractivity contribution < 1.29 is 14.7 Å². The quantitative estimate of drug-likeness (QED) is 0.462. The Balaban J connectivity index is 3.83. The number of hydrogen-bond donors (Lipinski definition) is 3. The molecule has 4 N–H and O–H groups in total. The first kappa shape index (κ1) is 11.4. The Morgan fingerprint density at radius 1 is 1.58 bits per heavy atom. The van der Waals surface area contributed by atoms with E-state index in [2.05, 4.69) is 5.32 Å². The molecule has 6 heteroatoms. The van der Waals surface area contributed by atoms with Crippen molar-refractivity contribution in [1.29, 1.82) is 0 Å². The molecule has 0 fully saturated rings. The van der Waals surface area contributed by atoms with Crippen molar-refractivity contribution in [2.45, 2.75) is 6.04 Å². The first-order chi connectivity index (χ1) is 5.61. The summed E-state index contributed by atoms with van der Waals surface area (Å²) in [7, 11) is 0. The zero-order valence-electron chi connectivity index (χ0n) is 6.42. The van der Waals surface area contributed by atoms with Crippen molar-refractivity contribution in [2.75, 3.05) is 19.0 Å². The average Bonchev–Trinajstić information content (AvgIpc) is 2.04. The first-order valence-electron chi connectivity index (χ1n) is 3.35. The molecule has 70 valence electrons. The summed E-state index contributed by atoms with van der Waals surface area (Å²) in [6, 6.07) is -0.654. The fraction of sp³-hybridized carbons (Fsp3) is 0.667. The van der Waals surface area contributed by atoms with Crippen molar-refractivity contribution in [1.82, 2.24) is 5.32 Å². The van der Waals surface area contributed by atoms with Crippen molar-refractivity contribution in [3.63, 3.8) is 0 Å². The van der Waals surface area contributed by atoms with E-state index < -0.39 is 12.0 Å². The molecule has 12 heavy (non-hydrogen) atoms. The normalized spacial score (nSPS) is 12.5. The van der Waals surface area contributed by atoms with Crippen LogP contribution in [0.15, 0.2) is 0 Å². The summed E-state index contributed by atoms with van der Waals surface area (Å²) in [6.45, 7) is -0.233. The van der Waals surface area contributed by atoms with Gasteiger partial charge in [0.15, 0.2) is 5.78 Å². The molecule has 0 spiro atoms. The van der Waals surface area contributed by atoms with Crippen LogP contribution in [-0.2, 0) is 9.59 Å². The number of alkyl halides is 1. The molecule has 0 saturated heterocycles. The maximum Gasteiger partial charge on any atom is 0.317 e. The molecule has 1 atom stereocenters. The summed E-state index contributed by atoms with van der Waals surface area (Å²) < 4.78 is 0. The van der Waals surface area contributed by atoms with Gasteiger partial charge < -0.3 is 10.8 Å². The van der Waals surface area contributed by atoms with Crippen LogP contribution < -0.4 is 11.1 Å². The molecule has 0 aromatic heterocycles. The minimum atomic E-state index is -1.03. The van der Waals surface area contributed by atoms with Crippen LogP contribution in [0, 0.1) is 0 Å². The van der Waals surface area contributed by atoms with Crippen LogP contribution in [0.3, 0.4) is 0 Å². The van der Waals surface area contributed by atoms with Crippen LogP contribution in [-0.4, -0.2) is 41.9 Å². The summed E-state index contributed by atoms with van der Waals surface area (Å²) in [5.74, 6) is -1.48. The van der Waals surface area contributed by atoms with Gasteiger partial charge in [0.1, 0.15) is 0 Å². The van der Waals surface area contributed by atoms with Gasteiger partial charge in [0.25, 0.3) is 0 Å². The van der Waals surface area contributed by atoms with E-state index in [1.54, 1.807) is 0 Å². The Labute approximate surface area is 74.9 Å². The summed E-state index contributed by atoms with van der Waals surface area (Å²) in [5.41, 5.74) is 5.20. The summed E-state index contributed by atoms with van der Waals surface area (Å²) in [6.07, 6.45) is 0. The molecule has 0 aliphatic heterocycles. The molecule has 0 radical (unpaired) electrons. The van der Waals surface area contributed by atoms with Gasteiger partial charge in [-0.15, -0.1) is 11.6 Å². The Morgan fingerprint density at radius 2 is 2.17 bits per heavy atom. The van der Waals surface area contributed by atoms with Crippen LogP contribution in [0.25, 0.3) is 0 Å². The number of carboxylic acid groups (broad SMARTS) is 1. The van der Waals surface area contributed by atoms with Crippen molar-refractivity contribution in [2.24, 2.45) is 5.73 Å². The number of Topliss-reactive ketones (excluding diaryl/α,β-unsaturated/α-hetero) is 1. The second kappa shape index (κ2) is 5.93. The second-order valence-corrected chi connectivity index (χ2v) is 2.43. The van der Waals surface area contributed by atoms with E-state index in [9.17, 15) is 9.59 Å². The SMILES string of the molecule is NCC(NCC(=O)O)C(=O)CCl. The van der Waals surface area contributed by atoms with Crippen LogP contribution in [0.4, 0.5) is 0 Å². The summed E-state index contributed by atoms with van der Waals surface area (Å²) in [4.78, 5) is 21.0. The lowest BCUT2D eigenvalue weighted by molar-refractivity contribution is -0.136. The highest BCUT2D eigenvalue weighted by molar-refractivity contribution is 6.28. The molecular formula is C6H11ClN2O3. The minimum absolute atomic E-state index is 0.0544. The van der Waals surface area contributed by atoms with Crippen LogP contribution in [0.2, 0.25) is 0 Å². The second-order valence-electron chi connectivity index (χ2n) is 2.16. The van der Waals surface area contributed by atoms with E-state index >= 15 is 0 Å². The maximum atomic E-state index is 10.9. The average molecular weight is 195 g/mol. The maximum absolute atomic E-state index is 10.9. The number of rotatable bonds is 6. The predicted molar refractivity (Wildman–Crippen MR) is 44.2 cm³/mol. The Kier molecular flexibility index (Phi) is 5.61. The van der Waals surface area contributed by atoms with E-state index in [1.807, 2.05) is 0 Å². The number of carbonyl (C=O) groups is 2. The third kappa shape index (κ3) is 4.27. The fourth-order valence-corrected chi connectivity index (χ4v) is 0.819. The molecule has 0 bridgehead atoms. The van der Waals surface area contributed by atoms with Gasteiger partial charge in [0, 0.05) is 6.54 Å². The predicted octanol–water partition coefficient (Wildman–Crippen LogP) is -1.20. The number of hydrogen-bond acceptors (Lipinski definition) is 4. The molecule has 0 aromatic rings. The molecule has 0 aliphatic carbocycles. The number of carbonyl (C=O) groups excluding carboxylic acids is 1. The largest absolute Gasteiger partial charge is 0.480 e. The monoisotopic (exact) mass is 194 g/mol. The smallest absolute Gasteiger partial charge is 0.317 e. The Morgan fingerprint density at radius 3 is 2.50 bits per heavy atom. The van der Waals surface area contributed by atoms with E-state index in [4.69, 9.17) is 22.4 Å². The van der Waals surface area contributed by atoms with Gasteiger partial charge in [-0.3, -0.25) is 14.9 Å². The lowest BCUT2D eigenvalue weighted by Crippen LogP contribution is -2.45. The molecule has 0 amide bonds. The van der Waals surface area contributed by atoms with Gasteiger partial charge in [0.05, 0.1) is 18.5 Å². The highest BCUT2D eigenvalue weighted by Gasteiger charge is 2.15. The summed E-state index contributed by atoms with van der Waals surface area (Å²) >= 11 is 5.25. The molecule has 0 rings (SSSR count). The third-order valence-corrected chi connectivity index (χ3v) is 1.52. The Bertz CT molecular complexity index is 174. The standard InChI is InChI=1S/C6H11ClN2O3/c7-1-5(10)4(2-8)9-3-6(11)12/h4,9H,1-3,8H2,(H,11,12). The molecule has 5 nitrogen and oxygen atoms in total. The fourth-order valence-electron chi connectivity index (χ4n) is 0.632. The van der Waals surface area contributed by atoms with E-state index in [1.165, 1.54) is 0 Å². The van der Waals surface area contributed by atoms with Gasteiger partial charge >= 0.3 is 5.97 Å². The van der Waals surface area contributed by atoms with E-state index in [0.717, 1.165) is 0 Å². The molecular weight excluding hydrogens is 184 g/mol. The highest BCUT2D eigenvalue weighted by Crippen LogP contribution is 1.87. The first-order valence-corrected chi connectivity index (χ1v) is 3.89. The number of nitrogens with one attached hydrogen (secondary N) is 1. The third-order valence-electron chi connectivity index (χ3n) is 1.26. The zero-order chi connectivity index (χ0) is 9.56. The van der Waals surface area contributed by atoms with Crippen molar-refractivity contribution >= 4 is 23.4 Å². The van der Waals surface area contributed by atoms with Crippen LogP contribution in [0.1, 0.15) is 0 Å². The molecule has 0 heterocycles. The number of nitrogens with two attached hydrogens (primary N) is 1. The number of halogens is 1. The lowest BCUT2D eigenvalue weighted by Gasteiger charge is -2.11. The van der Waals surface area contributed by atoms with Gasteiger partial charge in [-0.2, -0.15) is 0 Å².